The molecule has 0 aromatic heterocycles. The highest BCUT2D eigenvalue weighted by atomic mass is 16.5. The van der Waals surface area contributed by atoms with Crippen LogP contribution in [0, 0.1) is 11.8 Å². The van der Waals surface area contributed by atoms with E-state index in [4.69, 9.17) is 4.74 Å². The number of benzene rings is 2. The first-order valence-electron chi connectivity index (χ1n) is 12.6. The summed E-state index contributed by atoms with van der Waals surface area (Å²) in [7, 11) is 0. The van der Waals surface area contributed by atoms with Crippen LogP contribution >= 0.6 is 0 Å². The number of rotatable bonds is 8. The number of nitrogens with one attached hydrogen (secondary N) is 2. The van der Waals surface area contributed by atoms with E-state index in [1.807, 2.05) is 24.3 Å². The van der Waals surface area contributed by atoms with E-state index in [1.165, 1.54) is 11.1 Å². The molecule has 5 rings (SSSR count). The van der Waals surface area contributed by atoms with Crippen LogP contribution in [0.2, 0.25) is 0 Å². The van der Waals surface area contributed by atoms with Crippen molar-refractivity contribution in [3.05, 3.63) is 59.7 Å². The first kappa shape index (κ1) is 23.4. The summed E-state index contributed by atoms with van der Waals surface area (Å²) < 4.78 is 5.66. The molecule has 2 fully saturated rings. The highest BCUT2D eigenvalue weighted by Crippen LogP contribution is 2.44. The van der Waals surface area contributed by atoms with Gasteiger partial charge in [-0.15, -0.1) is 0 Å². The molecule has 184 valence electrons. The molecule has 2 amide bonds. The van der Waals surface area contributed by atoms with Crippen molar-refractivity contribution in [3.8, 4) is 11.1 Å². The van der Waals surface area contributed by atoms with Crippen LogP contribution in [0.5, 0.6) is 0 Å². The van der Waals surface area contributed by atoms with Crippen LogP contribution < -0.4 is 10.6 Å². The van der Waals surface area contributed by atoms with Crippen molar-refractivity contribution in [2.24, 2.45) is 11.8 Å². The van der Waals surface area contributed by atoms with Crippen LogP contribution in [0.4, 0.5) is 4.79 Å². The van der Waals surface area contributed by atoms with Gasteiger partial charge in [0.05, 0.1) is 0 Å². The summed E-state index contributed by atoms with van der Waals surface area (Å²) >= 11 is 0. The van der Waals surface area contributed by atoms with Crippen molar-refractivity contribution in [2.45, 2.75) is 62.9 Å². The maximum Gasteiger partial charge on any atom is 0.407 e. The zero-order chi connectivity index (χ0) is 24.4. The van der Waals surface area contributed by atoms with E-state index in [0.717, 1.165) is 36.8 Å². The Labute approximate surface area is 205 Å². The Bertz CT molecular complexity index is 1070. The van der Waals surface area contributed by atoms with Gasteiger partial charge < -0.3 is 20.5 Å². The summed E-state index contributed by atoms with van der Waals surface area (Å²) in [4.78, 5) is 37.0. The number of aliphatic carboxylic acids is 1. The number of carboxylic acid groups (broad SMARTS) is 1. The van der Waals surface area contributed by atoms with Crippen molar-refractivity contribution in [1.82, 2.24) is 10.6 Å². The molecule has 2 unspecified atom stereocenters. The summed E-state index contributed by atoms with van der Waals surface area (Å²) in [6.07, 6.45) is 4.86. The fourth-order valence-corrected chi connectivity index (χ4v) is 5.56. The molecule has 0 aliphatic heterocycles. The largest absolute Gasteiger partial charge is 0.480 e. The summed E-state index contributed by atoms with van der Waals surface area (Å²) in [5.74, 6) is -1.10. The topological polar surface area (TPSA) is 105 Å². The molecule has 0 spiro atoms. The molecule has 2 aromatic rings. The van der Waals surface area contributed by atoms with E-state index in [9.17, 15) is 19.5 Å². The van der Waals surface area contributed by atoms with Crippen LogP contribution in [-0.4, -0.2) is 41.8 Å². The molecule has 3 aliphatic rings. The summed E-state index contributed by atoms with van der Waals surface area (Å²) in [5, 5.41) is 15.1. The number of hydrogen-bond donors (Lipinski definition) is 3. The van der Waals surface area contributed by atoms with Crippen molar-refractivity contribution >= 4 is 18.0 Å². The van der Waals surface area contributed by atoms with E-state index >= 15 is 0 Å². The van der Waals surface area contributed by atoms with Gasteiger partial charge in [0.1, 0.15) is 12.6 Å². The second-order valence-electron chi connectivity index (χ2n) is 10.1. The molecule has 3 N–H and O–H groups in total. The predicted molar refractivity (Wildman–Crippen MR) is 131 cm³/mol. The van der Waals surface area contributed by atoms with Gasteiger partial charge in [0.2, 0.25) is 5.91 Å². The minimum Gasteiger partial charge on any atom is -0.480 e. The maximum absolute atomic E-state index is 12.8. The number of carbonyl (C=O) groups is 3. The second kappa shape index (κ2) is 10.1. The molecule has 7 heteroatoms. The third-order valence-corrected chi connectivity index (χ3v) is 7.59. The van der Waals surface area contributed by atoms with Gasteiger partial charge in [0.25, 0.3) is 0 Å². The van der Waals surface area contributed by atoms with Gasteiger partial charge in [-0.1, -0.05) is 67.8 Å². The smallest absolute Gasteiger partial charge is 0.407 e. The van der Waals surface area contributed by atoms with E-state index in [2.05, 4.69) is 34.9 Å². The molecular formula is C28H32N2O5. The summed E-state index contributed by atoms with van der Waals surface area (Å²) in [6.45, 7) is 0.248. The van der Waals surface area contributed by atoms with Crippen LogP contribution in [-0.2, 0) is 14.3 Å². The molecule has 0 saturated heterocycles. The third-order valence-electron chi connectivity index (χ3n) is 7.59. The van der Waals surface area contributed by atoms with Crippen LogP contribution in [0.1, 0.15) is 62.0 Å². The molecule has 3 aliphatic carbocycles. The Morgan fingerprint density at radius 1 is 0.943 bits per heavy atom. The molecular weight excluding hydrogens is 444 g/mol. The first-order valence-corrected chi connectivity index (χ1v) is 12.6. The Kier molecular flexibility index (Phi) is 6.75. The Morgan fingerprint density at radius 2 is 1.60 bits per heavy atom. The summed E-state index contributed by atoms with van der Waals surface area (Å²) in [5.41, 5.74) is 4.68. The minimum atomic E-state index is -0.977. The van der Waals surface area contributed by atoms with Gasteiger partial charge in [0, 0.05) is 17.9 Å². The second-order valence-corrected chi connectivity index (χ2v) is 10.1. The average Bonchev–Trinajstić information content (AvgIpc) is 3.63. The Hall–Kier alpha value is -3.35. The van der Waals surface area contributed by atoms with Crippen molar-refractivity contribution in [3.63, 3.8) is 0 Å². The van der Waals surface area contributed by atoms with Gasteiger partial charge in [-0.2, -0.15) is 0 Å². The predicted octanol–water partition coefficient (Wildman–Crippen LogP) is 4.45. The molecule has 35 heavy (non-hydrogen) atoms. The lowest BCUT2D eigenvalue weighted by Crippen LogP contribution is -2.47. The third kappa shape index (κ3) is 5.34. The monoisotopic (exact) mass is 476 g/mol. The highest BCUT2D eigenvalue weighted by molar-refractivity contribution is 5.85. The van der Waals surface area contributed by atoms with Crippen LogP contribution in [0.15, 0.2) is 48.5 Å². The van der Waals surface area contributed by atoms with Gasteiger partial charge in [-0.05, 0) is 53.9 Å². The van der Waals surface area contributed by atoms with Crippen molar-refractivity contribution in [1.29, 1.82) is 0 Å². The molecule has 0 bridgehead atoms. The van der Waals surface area contributed by atoms with Gasteiger partial charge >= 0.3 is 12.1 Å². The number of hydrogen-bond acceptors (Lipinski definition) is 4. The summed E-state index contributed by atoms with van der Waals surface area (Å²) in [6, 6.07) is 15.4. The zero-order valence-electron chi connectivity index (χ0n) is 19.7. The number of fused-ring (bicyclic) bond motifs is 3. The van der Waals surface area contributed by atoms with Crippen molar-refractivity contribution < 1.29 is 24.2 Å². The fourth-order valence-electron chi connectivity index (χ4n) is 5.56. The lowest BCUT2D eigenvalue weighted by molar-refractivity contribution is -0.143. The minimum absolute atomic E-state index is 0.00236. The fraction of sp³-hybridized carbons (Fsp3) is 0.464. The van der Waals surface area contributed by atoms with E-state index < -0.39 is 18.1 Å². The average molecular weight is 477 g/mol. The quantitative estimate of drug-likeness (QED) is 0.522. The van der Waals surface area contributed by atoms with Crippen LogP contribution in [0.25, 0.3) is 11.1 Å². The normalized spacial score (nSPS) is 21.9. The molecule has 0 heterocycles. The Balaban J connectivity index is 1.14. The molecule has 2 saturated carbocycles. The lowest BCUT2D eigenvalue weighted by Gasteiger charge is -2.29. The number of carboxylic acids is 1. The van der Waals surface area contributed by atoms with E-state index in [1.54, 1.807) is 0 Å². The lowest BCUT2D eigenvalue weighted by atomic mass is 9.85. The van der Waals surface area contributed by atoms with Gasteiger partial charge in [0.15, 0.2) is 0 Å². The highest BCUT2D eigenvalue weighted by Gasteiger charge is 2.34. The standard InChI is InChI=1S/C28H32N2O5/c31-26(30-25(27(32)33)14-17-12-13-17)18-6-5-7-19(15-18)29-28(34)35-16-24-22-10-3-1-8-20(22)21-9-2-4-11-23(21)24/h1-4,8-11,17-19,24-25H,5-7,12-16H2,(H,29,34)(H,30,31)(H,32,33)/t18?,19?,25-/m0/s1. The first-order chi connectivity index (χ1) is 17.0. The molecule has 2 aromatic carbocycles. The van der Waals surface area contributed by atoms with Crippen molar-refractivity contribution in [2.75, 3.05) is 6.61 Å². The molecule has 0 radical (unpaired) electrons. The zero-order valence-corrected chi connectivity index (χ0v) is 19.7. The number of ether oxygens (including phenoxy) is 1. The SMILES string of the molecule is O=C(NC1CCCC(C(=O)N[C@@H](CC2CC2)C(=O)O)C1)OCC1c2ccccc2-c2ccccc21. The number of carbonyl (C=O) groups excluding carboxylic acids is 2. The van der Waals surface area contributed by atoms with Gasteiger partial charge in [-0.3, -0.25) is 4.79 Å². The molecule has 7 nitrogen and oxygen atoms in total. The number of alkyl carbamates (subject to hydrolysis) is 1. The molecule has 3 atom stereocenters. The van der Waals surface area contributed by atoms with Gasteiger partial charge in [-0.25, -0.2) is 9.59 Å². The Morgan fingerprint density at radius 3 is 2.23 bits per heavy atom. The van der Waals surface area contributed by atoms with E-state index in [0.29, 0.717) is 25.2 Å². The van der Waals surface area contributed by atoms with E-state index in [-0.39, 0.29) is 30.4 Å². The van der Waals surface area contributed by atoms with Crippen LogP contribution in [0.3, 0.4) is 0 Å². The maximum atomic E-state index is 12.8. The number of amides is 2.